The number of hydrogen-bond acceptors (Lipinski definition) is 2. The van der Waals surface area contributed by atoms with Gasteiger partial charge in [0.05, 0.1) is 7.11 Å². The van der Waals surface area contributed by atoms with Gasteiger partial charge in [-0.2, -0.15) is 0 Å². The van der Waals surface area contributed by atoms with E-state index < -0.39 is 0 Å². The zero-order valence-corrected chi connectivity index (χ0v) is 9.39. The molecular formula is C10H13BrO2. The molecule has 72 valence electrons. The monoisotopic (exact) mass is 244 g/mol. The fourth-order valence-electron chi connectivity index (χ4n) is 1.40. The number of halogens is 1. The van der Waals surface area contributed by atoms with E-state index in [1.807, 2.05) is 19.1 Å². The summed E-state index contributed by atoms with van der Waals surface area (Å²) in [5.41, 5.74) is 2.12. The van der Waals surface area contributed by atoms with Crippen molar-refractivity contribution in [2.45, 2.75) is 13.3 Å². The Morgan fingerprint density at radius 2 is 2.15 bits per heavy atom. The Balaban J connectivity index is 3.13. The van der Waals surface area contributed by atoms with E-state index in [0.29, 0.717) is 6.42 Å². The molecule has 0 radical (unpaired) electrons. The average Bonchev–Trinajstić information content (AvgIpc) is 2.04. The summed E-state index contributed by atoms with van der Waals surface area (Å²) in [5, 5.41) is 8.85. The number of aliphatic hydroxyl groups excluding tert-OH is 1. The van der Waals surface area contributed by atoms with E-state index in [2.05, 4.69) is 15.9 Å². The largest absolute Gasteiger partial charge is 0.496 e. The maximum atomic E-state index is 8.85. The SMILES string of the molecule is COc1c(C)cc(Br)cc1CCO. The molecule has 1 rings (SSSR count). The van der Waals surface area contributed by atoms with Crippen molar-refractivity contribution in [3.63, 3.8) is 0 Å². The van der Waals surface area contributed by atoms with E-state index in [0.717, 1.165) is 21.3 Å². The van der Waals surface area contributed by atoms with Crippen LogP contribution in [0.25, 0.3) is 0 Å². The first-order chi connectivity index (χ1) is 6.19. The minimum Gasteiger partial charge on any atom is -0.496 e. The highest BCUT2D eigenvalue weighted by Crippen LogP contribution is 2.27. The molecule has 0 unspecified atom stereocenters. The summed E-state index contributed by atoms with van der Waals surface area (Å²) >= 11 is 3.41. The second kappa shape index (κ2) is 4.63. The maximum absolute atomic E-state index is 8.85. The highest BCUT2D eigenvalue weighted by molar-refractivity contribution is 9.10. The molecular weight excluding hydrogens is 232 g/mol. The molecule has 1 aromatic carbocycles. The Labute approximate surface area is 86.7 Å². The number of ether oxygens (including phenoxy) is 1. The Kier molecular flexibility index (Phi) is 3.75. The van der Waals surface area contributed by atoms with E-state index in [1.54, 1.807) is 7.11 Å². The smallest absolute Gasteiger partial charge is 0.125 e. The summed E-state index contributed by atoms with van der Waals surface area (Å²) in [4.78, 5) is 0. The van der Waals surface area contributed by atoms with Crippen LogP contribution in [0, 0.1) is 6.92 Å². The van der Waals surface area contributed by atoms with Gasteiger partial charge in [0.1, 0.15) is 5.75 Å². The molecule has 0 bridgehead atoms. The standard InChI is InChI=1S/C10H13BrO2/c1-7-5-9(11)6-8(3-4-12)10(7)13-2/h5-6,12H,3-4H2,1-2H3. The number of aliphatic hydroxyl groups is 1. The highest BCUT2D eigenvalue weighted by Gasteiger charge is 2.06. The van der Waals surface area contributed by atoms with E-state index in [9.17, 15) is 0 Å². The van der Waals surface area contributed by atoms with E-state index in [1.165, 1.54) is 0 Å². The second-order valence-electron chi connectivity index (χ2n) is 2.89. The van der Waals surface area contributed by atoms with Gasteiger partial charge in [-0.1, -0.05) is 15.9 Å². The highest BCUT2D eigenvalue weighted by atomic mass is 79.9. The van der Waals surface area contributed by atoms with Crippen molar-refractivity contribution in [1.82, 2.24) is 0 Å². The van der Waals surface area contributed by atoms with Crippen molar-refractivity contribution in [1.29, 1.82) is 0 Å². The zero-order valence-electron chi connectivity index (χ0n) is 7.80. The van der Waals surface area contributed by atoms with Gasteiger partial charge in [0.15, 0.2) is 0 Å². The molecule has 0 amide bonds. The van der Waals surface area contributed by atoms with Crippen LogP contribution in [0.15, 0.2) is 16.6 Å². The second-order valence-corrected chi connectivity index (χ2v) is 3.80. The average molecular weight is 245 g/mol. The van der Waals surface area contributed by atoms with Gasteiger partial charge < -0.3 is 9.84 Å². The van der Waals surface area contributed by atoms with Gasteiger partial charge in [0, 0.05) is 11.1 Å². The van der Waals surface area contributed by atoms with Crippen LogP contribution in [0.4, 0.5) is 0 Å². The first kappa shape index (κ1) is 10.5. The summed E-state index contributed by atoms with van der Waals surface area (Å²) in [5.74, 6) is 0.872. The quantitative estimate of drug-likeness (QED) is 0.885. The molecule has 0 aliphatic carbocycles. The number of benzene rings is 1. The van der Waals surface area contributed by atoms with Gasteiger partial charge in [-0.3, -0.25) is 0 Å². The Hall–Kier alpha value is -0.540. The van der Waals surface area contributed by atoms with Crippen LogP contribution in [-0.2, 0) is 6.42 Å². The number of rotatable bonds is 3. The van der Waals surface area contributed by atoms with Gasteiger partial charge in [-0.15, -0.1) is 0 Å². The third-order valence-electron chi connectivity index (χ3n) is 1.90. The predicted molar refractivity (Wildman–Crippen MR) is 56.2 cm³/mol. The third kappa shape index (κ3) is 2.45. The molecule has 13 heavy (non-hydrogen) atoms. The van der Waals surface area contributed by atoms with Gasteiger partial charge in [0.2, 0.25) is 0 Å². The van der Waals surface area contributed by atoms with Gasteiger partial charge >= 0.3 is 0 Å². The molecule has 3 heteroatoms. The van der Waals surface area contributed by atoms with Crippen LogP contribution in [0.5, 0.6) is 5.75 Å². The topological polar surface area (TPSA) is 29.5 Å². The molecule has 0 aliphatic rings. The molecule has 0 saturated carbocycles. The number of hydrogen-bond donors (Lipinski definition) is 1. The van der Waals surface area contributed by atoms with Crippen molar-refractivity contribution >= 4 is 15.9 Å². The summed E-state index contributed by atoms with van der Waals surface area (Å²) < 4.78 is 6.27. The summed E-state index contributed by atoms with van der Waals surface area (Å²) in [6.07, 6.45) is 0.628. The molecule has 2 nitrogen and oxygen atoms in total. The molecule has 0 saturated heterocycles. The Bertz CT molecular complexity index is 297. The lowest BCUT2D eigenvalue weighted by Gasteiger charge is -2.10. The van der Waals surface area contributed by atoms with Crippen molar-refractivity contribution in [2.24, 2.45) is 0 Å². The normalized spacial score (nSPS) is 10.2. The van der Waals surface area contributed by atoms with E-state index in [4.69, 9.17) is 9.84 Å². The van der Waals surface area contributed by atoms with Gasteiger partial charge in [-0.25, -0.2) is 0 Å². The fraction of sp³-hybridized carbons (Fsp3) is 0.400. The van der Waals surface area contributed by atoms with Crippen molar-refractivity contribution in [2.75, 3.05) is 13.7 Å². The lowest BCUT2D eigenvalue weighted by atomic mass is 10.1. The summed E-state index contributed by atoms with van der Waals surface area (Å²) in [6, 6.07) is 3.97. The molecule has 0 atom stereocenters. The number of aryl methyl sites for hydroxylation is 1. The molecule has 1 N–H and O–H groups in total. The molecule has 1 aromatic rings. The molecule has 0 aliphatic heterocycles. The van der Waals surface area contributed by atoms with E-state index in [-0.39, 0.29) is 6.61 Å². The van der Waals surface area contributed by atoms with Crippen molar-refractivity contribution in [3.8, 4) is 5.75 Å². The molecule has 0 spiro atoms. The number of methoxy groups -OCH3 is 1. The van der Waals surface area contributed by atoms with Crippen LogP contribution < -0.4 is 4.74 Å². The van der Waals surface area contributed by atoms with Crippen LogP contribution in [0.3, 0.4) is 0 Å². The predicted octanol–water partition coefficient (Wildman–Crippen LogP) is 2.30. The third-order valence-corrected chi connectivity index (χ3v) is 2.36. The summed E-state index contributed by atoms with van der Waals surface area (Å²) in [6.45, 7) is 2.14. The summed E-state index contributed by atoms with van der Waals surface area (Å²) in [7, 11) is 1.65. The minimum atomic E-state index is 0.145. The lowest BCUT2D eigenvalue weighted by Crippen LogP contribution is -1.97. The van der Waals surface area contributed by atoms with Crippen molar-refractivity contribution in [3.05, 3.63) is 27.7 Å². The lowest BCUT2D eigenvalue weighted by molar-refractivity contribution is 0.296. The minimum absolute atomic E-state index is 0.145. The van der Waals surface area contributed by atoms with E-state index >= 15 is 0 Å². The maximum Gasteiger partial charge on any atom is 0.125 e. The zero-order chi connectivity index (χ0) is 9.84. The molecule has 0 fully saturated rings. The van der Waals surface area contributed by atoms with Gasteiger partial charge in [0.25, 0.3) is 0 Å². The van der Waals surface area contributed by atoms with Crippen LogP contribution in [0.2, 0.25) is 0 Å². The first-order valence-electron chi connectivity index (χ1n) is 4.13. The van der Waals surface area contributed by atoms with Gasteiger partial charge in [-0.05, 0) is 36.6 Å². The fourth-order valence-corrected chi connectivity index (χ4v) is 2.02. The first-order valence-corrected chi connectivity index (χ1v) is 4.92. The Morgan fingerprint density at radius 3 is 2.69 bits per heavy atom. The Morgan fingerprint density at radius 1 is 1.46 bits per heavy atom. The van der Waals surface area contributed by atoms with Crippen LogP contribution in [0.1, 0.15) is 11.1 Å². The van der Waals surface area contributed by atoms with Crippen molar-refractivity contribution < 1.29 is 9.84 Å². The van der Waals surface area contributed by atoms with Crippen LogP contribution in [-0.4, -0.2) is 18.8 Å². The molecule has 0 heterocycles. The molecule has 0 aromatic heterocycles. The van der Waals surface area contributed by atoms with Crippen LogP contribution >= 0.6 is 15.9 Å².